The molecule has 1 aromatic heterocycles. The van der Waals surface area contributed by atoms with E-state index in [2.05, 4.69) is 0 Å². The van der Waals surface area contributed by atoms with Gasteiger partial charge in [0.05, 0.1) is 17.0 Å². The van der Waals surface area contributed by atoms with Crippen molar-refractivity contribution in [3.8, 4) is 0 Å². The van der Waals surface area contributed by atoms with E-state index in [1.165, 1.54) is 0 Å². The number of piperidine rings is 1. The lowest BCUT2D eigenvalue weighted by atomic mass is 9.92. The summed E-state index contributed by atoms with van der Waals surface area (Å²) in [7, 11) is 0. The average molecular weight is 373 g/mol. The Balaban J connectivity index is 1.77. The summed E-state index contributed by atoms with van der Waals surface area (Å²) in [6.07, 6.45) is 3.50. The van der Waals surface area contributed by atoms with E-state index in [0.29, 0.717) is 29.3 Å². The third-order valence-electron chi connectivity index (χ3n) is 5.51. The predicted octanol–water partition coefficient (Wildman–Crippen LogP) is 4.09. The maximum atomic E-state index is 13.4. The van der Waals surface area contributed by atoms with Crippen LogP contribution < -0.4 is 0 Å². The van der Waals surface area contributed by atoms with Crippen LogP contribution >= 0.6 is 11.6 Å². The van der Waals surface area contributed by atoms with Crippen LogP contribution in [0.2, 0.25) is 5.02 Å². The number of aromatic nitrogens is 1. The van der Waals surface area contributed by atoms with Crippen molar-refractivity contribution in [3.05, 3.63) is 40.5 Å². The van der Waals surface area contributed by atoms with E-state index >= 15 is 0 Å². The summed E-state index contributed by atoms with van der Waals surface area (Å²) in [5, 5.41) is 10.7. The molecule has 2 aromatic rings. The van der Waals surface area contributed by atoms with Gasteiger partial charge in [-0.3, -0.25) is 14.6 Å². The van der Waals surface area contributed by atoms with Crippen LogP contribution in [0.25, 0.3) is 10.9 Å². The van der Waals surface area contributed by atoms with Crippen molar-refractivity contribution in [2.24, 2.45) is 5.92 Å². The molecule has 2 fully saturated rings. The quantitative estimate of drug-likeness (QED) is 0.880. The molecule has 26 heavy (non-hydrogen) atoms. The summed E-state index contributed by atoms with van der Waals surface area (Å²) in [4.78, 5) is 31.2. The second-order valence-electron chi connectivity index (χ2n) is 7.45. The van der Waals surface area contributed by atoms with Gasteiger partial charge in [-0.2, -0.15) is 0 Å². The van der Waals surface area contributed by atoms with Crippen LogP contribution in [0.1, 0.15) is 54.6 Å². The molecule has 2 unspecified atom stereocenters. The Hall–Kier alpha value is -2.14. The van der Waals surface area contributed by atoms with Crippen LogP contribution in [0.4, 0.5) is 0 Å². The minimum absolute atomic E-state index is 0.0184. The molecule has 5 nitrogen and oxygen atoms in total. The molecule has 6 heteroatoms. The molecule has 0 spiro atoms. The third kappa shape index (κ3) is 3.16. The molecule has 136 valence electrons. The maximum absolute atomic E-state index is 13.4. The van der Waals surface area contributed by atoms with E-state index in [-0.39, 0.29) is 18.5 Å². The summed E-state index contributed by atoms with van der Waals surface area (Å²) in [5.41, 5.74) is 2.29. The first-order valence-electron chi connectivity index (χ1n) is 9.08. The molecule has 1 saturated carbocycles. The second-order valence-corrected chi connectivity index (χ2v) is 7.89. The van der Waals surface area contributed by atoms with Crippen molar-refractivity contribution in [1.82, 2.24) is 9.88 Å². The van der Waals surface area contributed by atoms with E-state index in [0.717, 1.165) is 29.4 Å². The summed E-state index contributed by atoms with van der Waals surface area (Å²) < 4.78 is 0. The Bertz CT molecular complexity index is 894. The van der Waals surface area contributed by atoms with Crippen LogP contribution in [-0.2, 0) is 4.79 Å². The first kappa shape index (κ1) is 17.3. The number of carbonyl (C=O) groups excluding carboxylic acids is 1. The Morgan fingerprint density at radius 1 is 1.19 bits per heavy atom. The number of carbonyl (C=O) groups is 2. The number of fused-ring (bicyclic) bond motifs is 1. The van der Waals surface area contributed by atoms with Crippen LogP contribution in [-0.4, -0.2) is 39.5 Å². The summed E-state index contributed by atoms with van der Waals surface area (Å²) in [6, 6.07) is 7.31. The number of nitrogens with zero attached hydrogens (tertiary/aromatic N) is 2. The van der Waals surface area contributed by atoms with Crippen LogP contribution in [0.3, 0.4) is 0 Å². The van der Waals surface area contributed by atoms with E-state index in [1.807, 2.05) is 19.1 Å². The number of carboxylic acid groups (broad SMARTS) is 1. The molecule has 1 N–H and O–H groups in total. The van der Waals surface area contributed by atoms with Crippen molar-refractivity contribution >= 4 is 34.4 Å². The molecule has 0 radical (unpaired) electrons. The number of benzene rings is 1. The number of rotatable bonds is 3. The summed E-state index contributed by atoms with van der Waals surface area (Å²) >= 11 is 6.16. The minimum atomic E-state index is -0.837. The van der Waals surface area contributed by atoms with Gasteiger partial charge in [-0.05, 0) is 56.9 Å². The number of likely N-dealkylation sites (tertiary alicyclic amines) is 1. The number of aliphatic carboxylic acids is 1. The first-order chi connectivity index (χ1) is 12.4. The topological polar surface area (TPSA) is 70.5 Å². The fourth-order valence-corrected chi connectivity index (χ4v) is 3.90. The Morgan fingerprint density at radius 2 is 1.96 bits per heavy atom. The number of amides is 1. The number of hydrogen-bond donors (Lipinski definition) is 1. The standard InChI is InChI=1S/C20H21ClN2O3/c1-11-2-3-13(20(25)26)10-23(11)19(24)16-9-18(12-4-5-12)22-17-7-6-14(21)8-15(16)17/h6-9,11-13H,2-5,10H2,1H3,(H,25,26). The van der Waals surface area contributed by atoms with Gasteiger partial charge in [0.15, 0.2) is 0 Å². The van der Waals surface area contributed by atoms with Crippen LogP contribution in [0.15, 0.2) is 24.3 Å². The number of carboxylic acids is 1. The zero-order chi connectivity index (χ0) is 18.4. The highest BCUT2D eigenvalue weighted by atomic mass is 35.5. The van der Waals surface area contributed by atoms with Crippen molar-refractivity contribution in [1.29, 1.82) is 0 Å². The lowest BCUT2D eigenvalue weighted by molar-refractivity contribution is -0.143. The molecule has 2 heterocycles. The van der Waals surface area contributed by atoms with Crippen molar-refractivity contribution in [3.63, 3.8) is 0 Å². The molecule has 1 aromatic carbocycles. The first-order valence-corrected chi connectivity index (χ1v) is 9.46. The molecule has 0 bridgehead atoms. The molecule has 2 atom stereocenters. The predicted molar refractivity (Wildman–Crippen MR) is 99.6 cm³/mol. The fraction of sp³-hybridized carbons (Fsp3) is 0.450. The van der Waals surface area contributed by atoms with Gasteiger partial charge >= 0.3 is 5.97 Å². The highest BCUT2D eigenvalue weighted by molar-refractivity contribution is 6.31. The van der Waals surface area contributed by atoms with Gasteiger partial charge in [0.25, 0.3) is 5.91 Å². The number of halogens is 1. The monoisotopic (exact) mass is 372 g/mol. The number of pyridine rings is 1. The summed E-state index contributed by atoms with van der Waals surface area (Å²) in [5.74, 6) is -1.04. The van der Waals surface area contributed by atoms with Gasteiger partial charge in [0.2, 0.25) is 0 Å². The van der Waals surface area contributed by atoms with E-state index in [4.69, 9.17) is 16.6 Å². The van der Waals surface area contributed by atoms with Gasteiger partial charge in [-0.1, -0.05) is 11.6 Å². The van der Waals surface area contributed by atoms with E-state index in [9.17, 15) is 14.7 Å². The Kier molecular flexibility index (Phi) is 4.35. The normalized spacial score (nSPS) is 23.2. The zero-order valence-corrected chi connectivity index (χ0v) is 15.4. The molecular formula is C20H21ClN2O3. The van der Waals surface area contributed by atoms with Gasteiger partial charge in [0.1, 0.15) is 0 Å². The van der Waals surface area contributed by atoms with Crippen molar-refractivity contribution in [2.45, 2.75) is 44.6 Å². The molecule has 4 rings (SSSR count). The largest absolute Gasteiger partial charge is 0.481 e. The van der Waals surface area contributed by atoms with Crippen molar-refractivity contribution < 1.29 is 14.7 Å². The SMILES string of the molecule is CC1CCC(C(=O)O)CN1C(=O)c1cc(C2CC2)nc2ccc(Cl)cc12. The van der Waals surface area contributed by atoms with Crippen LogP contribution in [0.5, 0.6) is 0 Å². The van der Waals surface area contributed by atoms with Gasteiger partial charge in [-0.25, -0.2) is 0 Å². The van der Waals surface area contributed by atoms with Gasteiger partial charge in [-0.15, -0.1) is 0 Å². The second kappa shape index (κ2) is 6.54. The number of hydrogen-bond acceptors (Lipinski definition) is 3. The van der Waals surface area contributed by atoms with Gasteiger partial charge in [0, 0.05) is 34.6 Å². The molecule has 2 aliphatic rings. The molecular weight excluding hydrogens is 352 g/mol. The molecule has 1 aliphatic heterocycles. The smallest absolute Gasteiger partial charge is 0.308 e. The summed E-state index contributed by atoms with van der Waals surface area (Å²) in [6.45, 7) is 2.23. The van der Waals surface area contributed by atoms with Crippen LogP contribution in [0, 0.1) is 5.92 Å². The lowest BCUT2D eigenvalue weighted by Gasteiger charge is -2.36. The average Bonchev–Trinajstić information content (AvgIpc) is 3.45. The zero-order valence-electron chi connectivity index (χ0n) is 14.6. The van der Waals surface area contributed by atoms with Crippen molar-refractivity contribution in [2.75, 3.05) is 6.54 Å². The lowest BCUT2D eigenvalue weighted by Crippen LogP contribution is -2.47. The minimum Gasteiger partial charge on any atom is -0.481 e. The van der Waals surface area contributed by atoms with E-state index < -0.39 is 11.9 Å². The third-order valence-corrected chi connectivity index (χ3v) is 5.74. The maximum Gasteiger partial charge on any atom is 0.308 e. The molecule has 1 saturated heterocycles. The van der Waals surface area contributed by atoms with Gasteiger partial charge < -0.3 is 10.0 Å². The molecule has 1 amide bonds. The molecule has 1 aliphatic carbocycles. The Morgan fingerprint density at radius 3 is 2.65 bits per heavy atom. The highest BCUT2D eigenvalue weighted by Crippen LogP contribution is 2.40. The fourth-order valence-electron chi connectivity index (χ4n) is 3.73. The Labute approximate surface area is 157 Å². The highest BCUT2D eigenvalue weighted by Gasteiger charge is 2.34. The van der Waals surface area contributed by atoms with E-state index in [1.54, 1.807) is 17.0 Å².